The van der Waals surface area contributed by atoms with Crippen LogP contribution >= 0.6 is 11.8 Å². The SMILES string of the molecule is CCOC(=O)c1nc2ccccc2n1C.CSC(c1ccccc1)(c1ccccc1)c1ccccc1. The summed E-state index contributed by atoms with van der Waals surface area (Å²) in [6, 6.07) is 39.8. The van der Waals surface area contributed by atoms with Crippen LogP contribution in [0, 0.1) is 0 Å². The van der Waals surface area contributed by atoms with Crippen LogP contribution in [0.5, 0.6) is 0 Å². The first-order valence-corrected chi connectivity index (χ1v) is 13.1. The van der Waals surface area contributed by atoms with Crippen molar-refractivity contribution < 1.29 is 9.53 Å². The van der Waals surface area contributed by atoms with Crippen molar-refractivity contribution in [2.75, 3.05) is 12.9 Å². The van der Waals surface area contributed by atoms with Gasteiger partial charge in [-0.2, -0.15) is 0 Å². The largest absolute Gasteiger partial charge is 0.460 e. The summed E-state index contributed by atoms with van der Waals surface area (Å²) in [6.07, 6.45) is 2.19. The Morgan fingerprint density at radius 2 is 1.22 bits per heavy atom. The van der Waals surface area contributed by atoms with Crippen molar-refractivity contribution in [3.63, 3.8) is 0 Å². The average molecular weight is 495 g/mol. The average Bonchev–Trinajstić information content (AvgIpc) is 3.28. The number of rotatable bonds is 6. The van der Waals surface area contributed by atoms with Crippen LogP contribution in [0.15, 0.2) is 115 Å². The summed E-state index contributed by atoms with van der Waals surface area (Å²) in [5.41, 5.74) is 5.68. The molecule has 1 heterocycles. The molecule has 0 fully saturated rings. The number of hydrogen-bond donors (Lipinski definition) is 0. The first-order chi connectivity index (χ1) is 17.6. The second kappa shape index (κ2) is 11.7. The van der Waals surface area contributed by atoms with E-state index in [0.29, 0.717) is 12.4 Å². The molecule has 36 heavy (non-hydrogen) atoms. The van der Waals surface area contributed by atoms with Crippen LogP contribution in [0.4, 0.5) is 0 Å². The van der Waals surface area contributed by atoms with Gasteiger partial charge in [0.15, 0.2) is 0 Å². The number of imidazole rings is 1. The van der Waals surface area contributed by atoms with Crippen molar-refractivity contribution in [3.8, 4) is 0 Å². The van der Waals surface area contributed by atoms with Gasteiger partial charge in [-0.05, 0) is 42.0 Å². The van der Waals surface area contributed by atoms with Gasteiger partial charge in [0.1, 0.15) is 0 Å². The number of thioether (sulfide) groups is 1. The Labute approximate surface area is 217 Å². The predicted octanol–water partition coefficient (Wildman–Crippen LogP) is 7.09. The van der Waals surface area contributed by atoms with Crippen LogP contribution in [0.3, 0.4) is 0 Å². The van der Waals surface area contributed by atoms with Crippen LogP contribution in [-0.2, 0) is 16.5 Å². The van der Waals surface area contributed by atoms with Crippen LogP contribution in [0.1, 0.15) is 34.2 Å². The number of benzene rings is 4. The number of hydrogen-bond acceptors (Lipinski definition) is 4. The maximum absolute atomic E-state index is 11.5. The van der Waals surface area contributed by atoms with Gasteiger partial charge < -0.3 is 9.30 Å². The van der Waals surface area contributed by atoms with Gasteiger partial charge in [0.05, 0.1) is 22.4 Å². The number of fused-ring (bicyclic) bond motifs is 1. The maximum Gasteiger partial charge on any atom is 0.374 e. The zero-order chi connectivity index (χ0) is 25.4. The zero-order valence-corrected chi connectivity index (χ0v) is 21.6. The molecule has 0 aliphatic carbocycles. The van der Waals surface area contributed by atoms with Gasteiger partial charge in [-0.3, -0.25) is 0 Å². The highest BCUT2D eigenvalue weighted by Crippen LogP contribution is 2.46. The van der Waals surface area contributed by atoms with Crippen LogP contribution < -0.4 is 0 Å². The van der Waals surface area contributed by atoms with Gasteiger partial charge in [-0.15, -0.1) is 11.8 Å². The van der Waals surface area contributed by atoms with Gasteiger partial charge in [-0.1, -0.05) is 103 Å². The second-order valence-corrected chi connectivity index (χ2v) is 9.21. The summed E-state index contributed by atoms with van der Waals surface area (Å²) in [5, 5.41) is 0. The molecule has 182 valence electrons. The normalized spacial score (nSPS) is 11.0. The Hall–Kier alpha value is -3.83. The molecule has 5 heteroatoms. The first-order valence-electron chi connectivity index (χ1n) is 11.9. The molecule has 1 aromatic heterocycles. The molecular formula is C31H30N2O2S. The van der Waals surface area contributed by atoms with Gasteiger partial charge in [0.25, 0.3) is 0 Å². The van der Waals surface area contributed by atoms with Gasteiger partial charge in [0.2, 0.25) is 5.82 Å². The van der Waals surface area contributed by atoms with Crippen molar-refractivity contribution in [2.45, 2.75) is 11.7 Å². The molecule has 0 N–H and O–H groups in total. The third-order valence-corrected chi connectivity index (χ3v) is 7.41. The Balaban J connectivity index is 0.000000179. The van der Waals surface area contributed by atoms with Gasteiger partial charge in [0, 0.05) is 7.05 Å². The van der Waals surface area contributed by atoms with Gasteiger partial charge >= 0.3 is 5.97 Å². The highest BCUT2D eigenvalue weighted by molar-refractivity contribution is 8.00. The summed E-state index contributed by atoms with van der Waals surface area (Å²) in [5.74, 6) is -0.0331. The van der Waals surface area contributed by atoms with Crippen molar-refractivity contribution in [2.24, 2.45) is 7.05 Å². The standard InChI is InChI=1S/C20H18S.C11H12N2O2/c1-21-20(17-11-5-2-6-12-17,18-13-7-3-8-14-18)19-15-9-4-10-16-19;1-3-15-11(14)10-12-8-6-4-5-7-9(8)13(10)2/h2-16H,1H3;4-7H,3H2,1-2H3. The lowest BCUT2D eigenvalue weighted by atomic mass is 9.84. The number of nitrogens with zero attached hydrogens (tertiary/aromatic N) is 2. The zero-order valence-electron chi connectivity index (χ0n) is 20.8. The molecule has 5 aromatic rings. The monoisotopic (exact) mass is 494 g/mol. The molecule has 4 aromatic carbocycles. The number of esters is 1. The number of carbonyl (C=O) groups excluding carboxylic acids is 1. The molecule has 0 amide bonds. The number of ether oxygens (including phenoxy) is 1. The fourth-order valence-electron chi connectivity index (χ4n) is 4.40. The highest BCUT2D eigenvalue weighted by atomic mass is 32.2. The molecule has 0 radical (unpaired) electrons. The van der Waals surface area contributed by atoms with E-state index in [1.807, 2.05) is 43.1 Å². The molecule has 0 saturated carbocycles. The van der Waals surface area contributed by atoms with Crippen LogP contribution in [0.25, 0.3) is 11.0 Å². The van der Waals surface area contributed by atoms with E-state index < -0.39 is 0 Å². The third-order valence-electron chi connectivity index (χ3n) is 6.09. The minimum absolute atomic E-state index is 0.163. The Kier molecular flexibility index (Phi) is 8.24. The minimum atomic E-state index is -0.379. The fourth-order valence-corrected chi connectivity index (χ4v) is 5.51. The van der Waals surface area contributed by atoms with E-state index in [1.165, 1.54) is 16.7 Å². The summed E-state index contributed by atoms with van der Waals surface area (Å²) in [6.45, 7) is 2.14. The van der Waals surface area contributed by atoms with E-state index in [2.05, 4.69) is 102 Å². The third kappa shape index (κ3) is 5.07. The highest BCUT2D eigenvalue weighted by Gasteiger charge is 2.35. The molecule has 0 spiro atoms. The number of para-hydroxylation sites is 2. The quantitative estimate of drug-likeness (QED) is 0.187. The maximum atomic E-state index is 11.5. The summed E-state index contributed by atoms with van der Waals surface area (Å²) < 4.78 is 6.50. The minimum Gasteiger partial charge on any atom is -0.460 e. The molecule has 0 saturated heterocycles. The molecule has 0 bridgehead atoms. The molecule has 4 nitrogen and oxygen atoms in total. The van der Waals surface area contributed by atoms with E-state index in [9.17, 15) is 4.79 Å². The van der Waals surface area contributed by atoms with E-state index >= 15 is 0 Å². The predicted molar refractivity (Wildman–Crippen MR) is 149 cm³/mol. The molecule has 0 aliphatic rings. The van der Waals surface area contributed by atoms with Crippen LogP contribution in [0.2, 0.25) is 0 Å². The topological polar surface area (TPSA) is 44.1 Å². The Morgan fingerprint density at radius 1 is 0.778 bits per heavy atom. The number of carbonyl (C=O) groups is 1. The molecule has 0 atom stereocenters. The lowest BCUT2D eigenvalue weighted by Gasteiger charge is -2.34. The van der Waals surface area contributed by atoms with Crippen molar-refractivity contribution in [3.05, 3.63) is 138 Å². The van der Waals surface area contributed by atoms with E-state index in [-0.39, 0.29) is 10.7 Å². The number of aromatic nitrogens is 2. The molecule has 0 unspecified atom stereocenters. The fraction of sp³-hybridized carbons (Fsp3) is 0.161. The second-order valence-electron chi connectivity index (χ2n) is 8.19. The smallest absolute Gasteiger partial charge is 0.374 e. The van der Waals surface area contributed by atoms with Crippen molar-refractivity contribution >= 4 is 28.8 Å². The first kappa shape index (κ1) is 25.3. The molecular weight excluding hydrogens is 464 g/mol. The van der Waals surface area contributed by atoms with Gasteiger partial charge in [-0.25, -0.2) is 9.78 Å². The summed E-state index contributed by atoms with van der Waals surface area (Å²) in [7, 11) is 1.81. The van der Waals surface area contributed by atoms with Crippen LogP contribution in [-0.4, -0.2) is 28.4 Å². The molecule has 0 aliphatic heterocycles. The van der Waals surface area contributed by atoms with Crippen molar-refractivity contribution in [1.29, 1.82) is 0 Å². The lowest BCUT2D eigenvalue weighted by molar-refractivity contribution is 0.0508. The summed E-state index contributed by atoms with van der Waals surface area (Å²) >= 11 is 1.88. The Morgan fingerprint density at radius 3 is 1.64 bits per heavy atom. The molecule has 5 rings (SSSR count). The van der Waals surface area contributed by atoms with E-state index in [1.54, 1.807) is 11.5 Å². The van der Waals surface area contributed by atoms with E-state index in [0.717, 1.165) is 11.0 Å². The van der Waals surface area contributed by atoms with E-state index in [4.69, 9.17) is 4.74 Å². The Bertz CT molecular complexity index is 1300. The van der Waals surface area contributed by atoms with Crippen molar-refractivity contribution in [1.82, 2.24) is 9.55 Å². The lowest BCUT2D eigenvalue weighted by Crippen LogP contribution is -2.24. The number of aryl methyl sites for hydroxylation is 1. The summed E-state index contributed by atoms with van der Waals surface area (Å²) in [4.78, 5) is 15.7.